The predicted molar refractivity (Wildman–Crippen MR) is 75.5 cm³/mol. The van der Waals surface area contributed by atoms with E-state index in [-0.39, 0.29) is 5.54 Å². The molecule has 0 spiro atoms. The van der Waals surface area contributed by atoms with Crippen LogP contribution in [-0.2, 0) is 5.54 Å². The summed E-state index contributed by atoms with van der Waals surface area (Å²) >= 11 is 0. The molecule has 4 nitrogen and oxygen atoms in total. The Hall–Kier alpha value is -1.58. The number of imidazole rings is 1. The molecular formula is C14H22N4. The third-order valence-electron chi connectivity index (χ3n) is 4.11. The molecule has 4 heteroatoms. The average molecular weight is 246 g/mol. The lowest BCUT2D eigenvalue weighted by Gasteiger charge is -2.33. The summed E-state index contributed by atoms with van der Waals surface area (Å²) in [5, 5.41) is 0. The molecule has 0 atom stereocenters. The van der Waals surface area contributed by atoms with Gasteiger partial charge in [-0.25, -0.2) is 9.97 Å². The average Bonchev–Trinajstić information content (AvgIpc) is 2.69. The highest BCUT2D eigenvalue weighted by Gasteiger charge is 2.30. The van der Waals surface area contributed by atoms with E-state index in [1.54, 1.807) is 0 Å². The van der Waals surface area contributed by atoms with Gasteiger partial charge in [-0.2, -0.15) is 0 Å². The number of nitrogen functional groups attached to an aromatic ring is 1. The number of nitrogens with zero attached hydrogens (tertiary/aromatic N) is 3. The maximum Gasteiger partial charge on any atom is 0.202 e. The molecule has 0 saturated carbocycles. The first-order chi connectivity index (χ1) is 8.57. The zero-order valence-corrected chi connectivity index (χ0v) is 11.7. The van der Waals surface area contributed by atoms with Crippen LogP contribution in [0.1, 0.15) is 45.6 Å². The Morgan fingerprint density at radius 2 is 1.83 bits per heavy atom. The second-order valence-corrected chi connectivity index (χ2v) is 4.95. The molecule has 0 aromatic carbocycles. The maximum atomic E-state index is 6.13. The Morgan fingerprint density at radius 3 is 2.39 bits per heavy atom. The predicted octanol–water partition coefficient (Wildman–Crippen LogP) is 3.25. The minimum atomic E-state index is 0.0289. The van der Waals surface area contributed by atoms with E-state index < -0.39 is 0 Å². The van der Waals surface area contributed by atoms with Crippen molar-refractivity contribution in [3.8, 4) is 0 Å². The molecule has 0 aliphatic heterocycles. The summed E-state index contributed by atoms with van der Waals surface area (Å²) in [7, 11) is 0. The van der Waals surface area contributed by atoms with Gasteiger partial charge in [0, 0.05) is 11.7 Å². The summed E-state index contributed by atoms with van der Waals surface area (Å²) in [4.78, 5) is 8.99. The first-order valence-corrected chi connectivity index (χ1v) is 6.69. The topological polar surface area (TPSA) is 56.7 Å². The largest absolute Gasteiger partial charge is 0.369 e. The van der Waals surface area contributed by atoms with Crippen molar-refractivity contribution in [2.24, 2.45) is 0 Å². The lowest BCUT2D eigenvalue weighted by atomic mass is 9.89. The lowest BCUT2D eigenvalue weighted by Crippen LogP contribution is -2.32. The quantitative estimate of drug-likeness (QED) is 0.901. The number of hydrogen-bond donors (Lipinski definition) is 1. The van der Waals surface area contributed by atoms with E-state index in [2.05, 4.69) is 35.3 Å². The summed E-state index contributed by atoms with van der Waals surface area (Å²) in [6.45, 7) is 8.62. The molecule has 2 N–H and O–H groups in total. The summed E-state index contributed by atoms with van der Waals surface area (Å²) in [5.41, 5.74) is 9.07. The van der Waals surface area contributed by atoms with Crippen LogP contribution < -0.4 is 5.73 Å². The molecule has 0 radical (unpaired) electrons. The molecule has 2 rings (SSSR count). The molecule has 0 aliphatic rings. The number of aryl methyl sites for hydroxylation is 1. The highest BCUT2D eigenvalue weighted by Crippen LogP contribution is 2.34. The molecular weight excluding hydrogens is 224 g/mol. The molecule has 0 aliphatic carbocycles. The van der Waals surface area contributed by atoms with E-state index in [1.165, 1.54) is 0 Å². The SMILES string of the molecule is CCC(CC)(CC)n1c(N)nc2cc(C)cnc21. The molecule has 2 aromatic rings. The van der Waals surface area contributed by atoms with E-state index in [0.717, 1.165) is 36.0 Å². The van der Waals surface area contributed by atoms with Crippen molar-refractivity contribution >= 4 is 17.1 Å². The summed E-state index contributed by atoms with van der Waals surface area (Å²) in [5.74, 6) is 0.577. The third-order valence-corrected chi connectivity index (χ3v) is 4.11. The van der Waals surface area contributed by atoms with Crippen molar-refractivity contribution < 1.29 is 0 Å². The Morgan fingerprint density at radius 1 is 1.22 bits per heavy atom. The highest BCUT2D eigenvalue weighted by molar-refractivity contribution is 5.75. The fraction of sp³-hybridized carbons (Fsp3) is 0.571. The first-order valence-electron chi connectivity index (χ1n) is 6.69. The molecule has 0 bridgehead atoms. The van der Waals surface area contributed by atoms with Crippen LogP contribution in [0.3, 0.4) is 0 Å². The van der Waals surface area contributed by atoms with Crippen molar-refractivity contribution in [1.82, 2.24) is 14.5 Å². The fourth-order valence-electron chi connectivity index (χ4n) is 2.78. The summed E-state index contributed by atoms with van der Waals surface area (Å²) < 4.78 is 2.13. The second-order valence-electron chi connectivity index (χ2n) is 4.95. The Labute approximate surface area is 108 Å². The number of aromatic nitrogens is 3. The van der Waals surface area contributed by atoms with E-state index in [4.69, 9.17) is 5.73 Å². The van der Waals surface area contributed by atoms with Crippen LogP contribution >= 0.6 is 0 Å². The Bertz CT molecular complexity index is 544. The van der Waals surface area contributed by atoms with Crippen LogP contribution in [0.5, 0.6) is 0 Å². The van der Waals surface area contributed by atoms with Crippen molar-refractivity contribution in [2.75, 3.05) is 5.73 Å². The smallest absolute Gasteiger partial charge is 0.202 e. The fourth-order valence-corrected chi connectivity index (χ4v) is 2.78. The Kier molecular flexibility index (Phi) is 3.28. The maximum absolute atomic E-state index is 6.13. The first kappa shape index (κ1) is 12.9. The molecule has 18 heavy (non-hydrogen) atoms. The standard InChI is InChI=1S/C14H22N4/c1-5-14(6-2,7-3)18-12-11(17-13(18)15)8-10(4)9-16-12/h8-9H,5-7H2,1-4H3,(H2,15,17). The van der Waals surface area contributed by atoms with Gasteiger partial charge in [0.25, 0.3) is 0 Å². The number of pyridine rings is 1. The highest BCUT2D eigenvalue weighted by atomic mass is 15.2. The summed E-state index contributed by atoms with van der Waals surface area (Å²) in [6.07, 6.45) is 4.98. The van der Waals surface area contributed by atoms with Crippen molar-refractivity contribution in [3.63, 3.8) is 0 Å². The van der Waals surface area contributed by atoms with Gasteiger partial charge in [0.1, 0.15) is 5.52 Å². The van der Waals surface area contributed by atoms with Gasteiger partial charge in [-0.15, -0.1) is 0 Å². The number of fused-ring (bicyclic) bond motifs is 1. The molecule has 0 amide bonds. The van der Waals surface area contributed by atoms with Gasteiger partial charge >= 0.3 is 0 Å². The third kappa shape index (κ3) is 1.76. The van der Waals surface area contributed by atoms with E-state index in [1.807, 2.05) is 19.2 Å². The monoisotopic (exact) mass is 246 g/mol. The molecule has 0 unspecified atom stereocenters. The van der Waals surface area contributed by atoms with Gasteiger partial charge < -0.3 is 5.73 Å². The van der Waals surface area contributed by atoms with E-state index in [9.17, 15) is 0 Å². The zero-order valence-electron chi connectivity index (χ0n) is 11.7. The number of anilines is 1. The van der Waals surface area contributed by atoms with Crippen LogP contribution in [0.25, 0.3) is 11.2 Å². The summed E-state index contributed by atoms with van der Waals surface area (Å²) in [6, 6.07) is 2.04. The van der Waals surface area contributed by atoms with Crippen molar-refractivity contribution in [1.29, 1.82) is 0 Å². The van der Waals surface area contributed by atoms with Gasteiger partial charge in [-0.1, -0.05) is 20.8 Å². The Balaban J connectivity index is 2.73. The normalized spacial score (nSPS) is 12.2. The van der Waals surface area contributed by atoms with Gasteiger partial charge in [-0.3, -0.25) is 4.57 Å². The van der Waals surface area contributed by atoms with Crippen molar-refractivity contribution in [3.05, 3.63) is 17.8 Å². The van der Waals surface area contributed by atoms with Crippen molar-refractivity contribution in [2.45, 2.75) is 52.5 Å². The van der Waals surface area contributed by atoms with Gasteiger partial charge in [0.15, 0.2) is 5.65 Å². The number of hydrogen-bond acceptors (Lipinski definition) is 3. The van der Waals surface area contributed by atoms with Crippen LogP contribution in [0, 0.1) is 6.92 Å². The zero-order chi connectivity index (χ0) is 13.3. The number of rotatable bonds is 4. The van der Waals surface area contributed by atoms with Crippen LogP contribution in [0.4, 0.5) is 5.95 Å². The minimum Gasteiger partial charge on any atom is -0.369 e. The molecule has 0 fully saturated rings. The van der Waals surface area contributed by atoms with Gasteiger partial charge in [0.05, 0.1) is 0 Å². The molecule has 2 heterocycles. The lowest BCUT2D eigenvalue weighted by molar-refractivity contribution is 0.261. The molecule has 2 aromatic heterocycles. The minimum absolute atomic E-state index is 0.0289. The molecule has 98 valence electrons. The van der Waals surface area contributed by atoms with E-state index >= 15 is 0 Å². The van der Waals surface area contributed by atoms with Crippen LogP contribution in [0.2, 0.25) is 0 Å². The second kappa shape index (κ2) is 4.59. The van der Waals surface area contributed by atoms with Crippen LogP contribution in [-0.4, -0.2) is 14.5 Å². The molecule has 0 saturated heterocycles. The van der Waals surface area contributed by atoms with Gasteiger partial charge in [-0.05, 0) is 37.8 Å². The van der Waals surface area contributed by atoms with Gasteiger partial charge in [0.2, 0.25) is 5.95 Å². The van der Waals surface area contributed by atoms with E-state index in [0.29, 0.717) is 5.95 Å². The number of nitrogens with two attached hydrogens (primary N) is 1. The van der Waals surface area contributed by atoms with Crippen LogP contribution in [0.15, 0.2) is 12.3 Å².